The van der Waals surface area contributed by atoms with Crippen LogP contribution in [0.2, 0.25) is 0 Å². The Morgan fingerprint density at radius 1 is 1.44 bits per heavy atom. The van der Waals surface area contributed by atoms with Gasteiger partial charge in [-0.1, -0.05) is 12.1 Å². The van der Waals surface area contributed by atoms with Crippen molar-refractivity contribution in [1.29, 1.82) is 0 Å². The zero-order chi connectivity index (χ0) is 13.3. The summed E-state index contributed by atoms with van der Waals surface area (Å²) in [5.74, 6) is 0.964. The van der Waals surface area contributed by atoms with Crippen molar-refractivity contribution in [2.24, 2.45) is 0 Å². The third-order valence-electron chi connectivity index (χ3n) is 3.56. The van der Waals surface area contributed by atoms with Gasteiger partial charge in [0.25, 0.3) is 0 Å². The minimum Gasteiger partial charge on any atom is -0.361 e. The zero-order valence-electron chi connectivity index (χ0n) is 11.1. The second-order valence-electron chi connectivity index (χ2n) is 4.63. The van der Waals surface area contributed by atoms with Crippen LogP contribution in [-0.4, -0.2) is 30.2 Å². The van der Waals surface area contributed by atoms with Crippen LogP contribution in [0, 0.1) is 6.92 Å². The van der Waals surface area contributed by atoms with Crippen molar-refractivity contribution in [3.63, 3.8) is 0 Å². The normalized spacial score (nSPS) is 21.6. The SMILES string of the molecule is CCc1onc(C)c1C1CCCN1S(=O)(=O)CC. The number of aryl methyl sites for hydroxylation is 2. The van der Waals surface area contributed by atoms with Crippen LogP contribution in [0.4, 0.5) is 0 Å². The Morgan fingerprint density at radius 3 is 2.78 bits per heavy atom. The average Bonchev–Trinajstić information content (AvgIpc) is 2.94. The highest BCUT2D eigenvalue weighted by Gasteiger charge is 2.37. The Labute approximate surface area is 108 Å². The van der Waals surface area contributed by atoms with E-state index in [1.165, 1.54) is 0 Å². The summed E-state index contributed by atoms with van der Waals surface area (Å²) in [6.45, 7) is 6.17. The molecular formula is C12H20N2O3S. The summed E-state index contributed by atoms with van der Waals surface area (Å²) >= 11 is 0. The van der Waals surface area contributed by atoms with E-state index in [1.54, 1.807) is 11.2 Å². The van der Waals surface area contributed by atoms with Gasteiger partial charge in [-0.15, -0.1) is 0 Å². The number of aromatic nitrogens is 1. The molecule has 0 spiro atoms. The van der Waals surface area contributed by atoms with Crippen molar-refractivity contribution in [2.75, 3.05) is 12.3 Å². The fourth-order valence-electron chi connectivity index (χ4n) is 2.63. The molecule has 1 aliphatic rings. The Hall–Kier alpha value is -0.880. The van der Waals surface area contributed by atoms with Crippen LogP contribution in [0.15, 0.2) is 4.52 Å². The summed E-state index contributed by atoms with van der Waals surface area (Å²) in [6.07, 6.45) is 2.50. The predicted octanol–water partition coefficient (Wildman–Crippen LogP) is 2.03. The molecule has 0 radical (unpaired) electrons. The lowest BCUT2D eigenvalue weighted by Crippen LogP contribution is -2.32. The lowest BCUT2D eigenvalue weighted by atomic mass is 10.0. The van der Waals surface area contributed by atoms with Crippen LogP contribution < -0.4 is 0 Å². The Bertz CT molecular complexity index is 521. The number of rotatable bonds is 4. The molecule has 1 fully saturated rings. The van der Waals surface area contributed by atoms with E-state index < -0.39 is 10.0 Å². The highest BCUT2D eigenvalue weighted by molar-refractivity contribution is 7.89. The first-order valence-corrected chi connectivity index (χ1v) is 8.06. The number of sulfonamides is 1. The van der Waals surface area contributed by atoms with Crippen molar-refractivity contribution >= 4 is 10.0 Å². The van der Waals surface area contributed by atoms with E-state index in [9.17, 15) is 8.42 Å². The van der Waals surface area contributed by atoms with Crippen LogP contribution in [0.25, 0.3) is 0 Å². The molecule has 0 aromatic carbocycles. The molecule has 2 rings (SSSR count). The van der Waals surface area contributed by atoms with Crippen LogP contribution >= 0.6 is 0 Å². The summed E-state index contributed by atoms with van der Waals surface area (Å²) < 4.78 is 31.1. The Balaban J connectivity index is 2.41. The molecule has 5 nitrogen and oxygen atoms in total. The van der Waals surface area contributed by atoms with Gasteiger partial charge in [-0.25, -0.2) is 8.42 Å². The van der Waals surface area contributed by atoms with Crippen LogP contribution in [-0.2, 0) is 16.4 Å². The van der Waals surface area contributed by atoms with Crippen LogP contribution in [0.3, 0.4) is 0 Å². The van der Waals surface area contributed by atoms with E-state index in [1.807, 2.05) is 13.8 Å². The van der Waals surface area contributed by atoms with Gasteiger partial charge in [0.1, 0.15) is 5.76 Å². The summed E-state index contributed by atoms with van der Waals surface area (Å²) in [6, 6.07) is -0.0869. The first-order valence-electron chi connectivity index (χ1n) is 6.45. The molecule has 1 aromatic rings. The molecule has 1 saturated heterocycles. The summed E-state index contributed by atoms with van der Waals surface area (Å²) in [5, 5.41) is 3.98. The molecule has 0 aliphatic carbocycles. The monoisotopic (exact) mass is 272 g/mol. The van der Waals surface area contributed by atoms with Gasteiger partial charge < -0.3 is 4.52 Å². The third kappa shape index (κ3) is 2.19. The highest BCUT2D eigenvalue weighted by atomic mass is 32.2. The number of hydrogen-bond acceptors (Lipinski definition) is 4. The lowest BCUT2D eigenvalue weighted by Gasteiger charge is -2.23. The van der Waals surface area contributed by atoms with Gasteiger partial charge in [0.2, 0.25) is 10.0 Å². The van der Waals surface area contributed by atoms with Crippen molar-refractivity contribution in [3.05, 3.63) is 17.0 Å². The molecule has 1 unspecified atom stereocenters. The third-order valence-corrected chi connectivity index (χ3v) is 5.44. The maximum Gasteiger partial charge on any atom is 0.214 e. The number of nitrogens with zero attached hydrogens (tertiary/aromatic N) is 2. The van der Waals surface area contributed by atoms with Gasteiger partial charge in [0.05, 0.1) is 17.5 Å². The van der Waals surface area contributed by atoms with E-state index in [-0.39, 0.29) is 11.8 Å². The fraction of sp³-hybridized carbons (Fsp3) is 0.750. The highest BCUT2D eigenvalue weighted by Crippen LogP contribution is 2.37. The molecule has 18 heavy (non-hydrogen) atoms. The Morgan fingerprint density at radius 2 is 2.17 bits per heavy atom. The van der Waals surface area contributed by atoms with Gasteiger partial charge in [0, 0.05) is 18.5 Å². The Kier molecular flexibility index (Phi) is 3.77. The van der Waals surface area contributed by atoms with Crippen LogP contribution in [0.5, 0.6) is 0 Å². The standard InChI is InChI=1S/C12H20N2O3S/c1-4-11-12(9(3)13-17-11)10-7-6-8-14(10)18(15,16)5-2/h10H,4-8H2,1-3H3. The second-order valence-corrected chi connectivity index (χ2v) is 6.84. The fourth-order valence-corrected chi connectivity index (χ4v) is 3.97. The maximum absolute atomic E-state index is 12.1. The van der Waals surface area contributed by atoms with Gasteiger partial charge >= 0.3 is 0 Å². The first-order chi connectivity index (χ1) is 8.51. The largest absolute Gasteiger partial charge is 0.361 e. The van der Waals surface area contributed by atoms with Crippen molar-refractivity contribution in [1.82, 2.24) is 9.46 Å². The zero-order valence-corrected chi connectivity index (χ0v) is 12.0. The molecule has 0 amide bonds. The van der Waals surface area contributed by atoms with E-state index in [0.717, 1.165) is 36.3 Å². The molecule has 1 aromatic heterocycles. The van der Waals surface area contributed by atoms with E-state index in [4.69, 9.17) is 4.52 Å². The average molecular weight is 272 g/mol. The van der Waals surface area contributed by atoms with Gasteiger partial charge in [-0.05, 0) is 26.7 Å². The minimum absolute atomic E-state index is 0.0869. The molecular weight excluding hydrogens is 252 g/mol. The minimum atomic E-state index is -3.15. The van der Waals surface area contributed by atoms with Gasteiger partial charge in [-0.3, -0.25) is 0 Å². The van der Waals surface area contributed by atoms with E-state index in [2.05, 4.69) is 5.16 Å². The second kappa shape index (κ2) is 5.01. The molecule has 1 atom stereocenters. The summed E-state index contributed by atoms with van der Waals surface area (Å²) in [5.41, 5.74) is 1.79. The van der Waals surface area contributed by atoms with Crippen molar-refractivity contribution < 1.29 is 12.9 Å². The lowest BCUT2D eigenvalue weighted by molar-refractivity contribution is 0.368. The number of hydrogen-bond donors (Lipinski definition) is 0. The molecule has 0 bridgehead atoms. The van der Waals surface area contributed by atoms with Gasteiger partial charge in [0.15, 0.2) is 0 Å². The molecule has 2 heterocycles. The van der Waals surface area contributed by atoms with Gasteiger partial charge in [-0.2, -0.15) is 4.31 Å². The quantitative estimate of drug-likeness (QED) is 0.841. The molecule has 0 saturated carbocycles. The molecule has 1 aliphatic heterocycles. The van der Waals surface area contributed by atoms with E-state index in [0.29, 0.717) is 6.54 Å². The van der Waals surface area contributed by atoms with E-state index >= 15 is 0 Å². The summed E-state index contributed by atoms with van der Waals surface area (Å²) in [4.78, 5) is 0. The van der Waals surface area contributed by atoms with Crippen molar-refractivity contribution in [2.45, 2.75) is 46.1 Å². The first kappa shape index (κ1) is 13.5. The predicted molar refractivity (Wildman–Crippen MR) is 68.8 cm³/mol. The topological polar surface area (TPSA) is 63.4 Å². The molecule has 0 N–H and O–H groups in total. The smallest absolute Gasteiger partial charge is 0.214 e. The molecule has 102 valence electrons. The van der Waals surface area contributed by atoms with Crippen LogP contribution in [0.1, 0.15) is 49.7 Å². The summed E-state index contributed by atoms with van der Waals surface area (Å²) in [7, 11) is -3.15. The maximum atomic E-state index is 12.1. The van der Waals surface area contributed by atoms with Crippen molar-refractivity contribution in [3.8, 4) is 0 Å². The molecule has 6 heteroatoms.